The van der Waals surface area contributed by atoms with Crippen LogP contribution < -0.4 is 0 Å². The Kier molecular flexibility index (Phi) is 6.18. The van der Waals surface area contributed by atoms with Gasteiger partial charge in [-0.25, -0.2) is 14.2 Å². The van der Waals surface area contributed by atoms with Crippen LogP contribution in [0.4, 0.5) is 17.6 Å². The predicted octanol–water partition coefficient (Wildman–Crippen LogP) is 8.31. The number of nitrogens with zero attached hydrogens (tertiary/aromatic N) is 1. The fourth-order valence-electron chi connectivity index (χ4n) is 3.27. The summed E-state index contributed by atoms with van der Waals surface area (Å²) < 4.78 is 53.9. The molecule has 3 nitrogen and oxygen atoms in total. The van der Waals surface area contributed by atoms with E-state index in [9.17, 15) is 27.5 Å². The molecule has 0 fully saturated rings. The van der Waals surface area contributed by atoms with Gasteiger partial charge in [0.25, 0.3) is 0 Å². The van der Waals surface area contributed by atoms with Crippen molar-refractivity contribution in [2.45, 2.75) is 6.18 Å². The highest BCUT2D eigenvalue weighted by molar-refractivity contribution is 7.13. The molecule has 0 atom stereocenters. The van der Waals surface area contributed by atoms with Gasteiger partial charge in [0.1, 0.15) is 10.8 Å². The highest BCUT2D eigenvalue weighted by Crippen LogP contribution is 2.40. The minimum Gasteiger partial charge on any atom is -0.478 e. The molecule has 0 aliphatic carbocycles. The quantitative estimate of drug-likeness (QED) is 0.280. The van der Waals surface area contributed by atoms with E-state index in [1.54, 1.807) is 23.6 Å². The lowest BCUT2D eigenvalue weighted by Crippen LogP contribution is -2.09. The lowest BCUT2D eigenvalue weighted by Gasteiger charge is -2.15. The first-order valence-corrected chi connectivity index (χ1v) is 10.8. The van der Waals surface area contributed by atoms with Crippen LogP contribution in [0.5, 0.6) is 0 Å². The zero-order chi connectivity index (χ0) is 23.9. The van der Waals surface area contributed by atoms with Crippen LogP contribution in [0.15, 0.2) is 60.0 Å². The van der Waals surface area contributed by atoms with E-state index in [0.717, 1.165) is 12.1 Å². The molecule has 0 amide bonds. The van der Waals surface area contributed by atoms with E-state index in [4.69, 9.17) is 23.2 Å². The van der Waals surface area contributed by atoms with Crippen molar-refractivity contribution in [3.05, 3.63) is 87.0 Å². The van der Waals surface area contributed by atoms with Gasteiger partial charge < -0.3 is 5.11 Å². The third-order valence-corrected chi connectivity index (χ3v) is 6.42. The summed E-state index contributed by atoms with van der Waals surface area (Å²) in [6.07, 6.45) is -4.87. The molecule has 0 saturated carbocycles. The molecule has 1 aromatic heterocycles. The molecule has 33 heavy (non-hydrogen) atoms. The smallest absolute Gasteiger partial charge is 0.417 e. The van der Waals surface area contributed by atoms with Gasteiger partial charge in [0, 0.05) is 16.5 Å². The number of halogens is 6. The molecule has 0 aliphatic heterocycles. The Bertz CT molecular complexity index is 1390. The maximum Gasteiger partial charge on any atom is 0.417 e. The van der Waals surface area contributed by atoms with Crippen LogP contribution in [-0.2, 0) is 6.18 Å². The number of alkyl halides is 3. The molecule has 0 radical (unpaired) electrons. The third-order valence-electron chi connectivity index (χ3n) is 4.79. The molecule has 0 bridgehead atoms. The molecule has 10 heteroatoms. The summed E-state index contributed by atoms with van der Waals surface area (Å²) in [5.41, 5.74) is -0.549. The molecule has 4 aromatic rings. The molecule has 0 unspecified atom stereocenters. The van der Waals surface area contributed by atoms with Crippen molar-refractivity contribution in [1.82, 2.24) is 4.98 Å². The summed E-state index contributed by atoms with van der Waals surface area (Å²) in [6, 6.07) is 11.1. The Hall–Kier alpha value is -2.94. The number of benzene rings is 3. The van der Waals surface area contributed by atoms with Crippen molar-refractivity contribution in [1.29, 1.82) is 0 Å². The van der Waals surface area contributed by atoms with Crippen molar-refractivity contribution in [3.63, 3.8) is 0 Å². The van der Waals surface area contributed by atoms with Crippen LogP contribution >= 0.6 is 34.5 Å². The van der Waals surface area contributed by atoms with Gasteiger partial charge in [0.15, 0.2) is 0 Å². The first kappa shape index (κ1) is 23.2. The summed E-state index contributed by atoms with van der Waals surface area (Å²) in [6.45, 7) is 0. The SMILES string of the molecule is O=C(O)c1cc(-c2nc(-c3ccc(Cl)c(Cl)c3)cs2)ccc1-c1ccc(F)cc1C(F)(F)F. The Labute approximate surface area is 198 Å². The van der Waals surface area contributed by atoms with Crippen molar-refractivity contribution < 1.29 is 27.5 Å². The number of rotatable bonds is 4. The molecule has 168 valence electrons. The van der Waals surface area contributed by atoms with Crippen molar-refractivity contribution in [3.8, 4) is 33.0 Å². The predicted molar refractivity (Wildman–Crippen MR) is 120 cm³/mol. The van der Waals surface area contributed by atoms with Crippen LogP contribution in [0.3, 0.4) is 0 Å². The number of carboxylic acid groups (broad SMARTS) is 1. The normalized spacial score (nSPS) is 11.6. The number of aromatic carboxylic acids is 1. The topological polar surface area (TPSA) is 50.2 Å². The van der Waals surface area contributed by atoms with E-state index in [1.807, 2.05) is 0 Å². The van der Waals surface area contributed by atoms with Crippen LogP contribution in [0.25, 0.3) is 33.0 Å². The van der Waals surface area contributed by atoms with E-state index in [1.165, 1.54) is 29.5 Å². The number of hydrogen-bond acceptors (Lipinski definition) is 3. The Morgan fingerprint density at radius 1 is 0.909 bits per heavy atom. The van der Waals surface area contributed by atoms with Crippen LogP contribution in [0.1, 0.15) is 15.9 Å². The fourth-order valence-corrected chi connectivity index (χ4v) is 4.39. The zero-order valence-corrected chi connectivity index (χ0v) is 18.6. The summed E-state index contributed by atoms with van der Waals surface area (Å²) in [7, 11) is 0. The van der Waals surface area contributed by atoms with Gasteiger partial charge >= 0.3 is 12.1 Å². The molecule has 3 aromatic carbocycles. The molecule has 4 rings (SSSR count). The Balaban J connectivity index is 1.79. The first-order valence-electron chi connectivity index (χ1n) is 9.20. The van der Waals surface area contributed by atoms with E-state index < -0.39 is 29.1 Å². The largest absolute Gasteiger partial charge is 0.478 e. The number of carbonyl (C=O) groups is 1. The van der Waals surface area contributed by atoms with Crippen molar-refractivity contribution in [2.24, 2.45) is 0 Å². The number of aromatic nitrogens is 1. The van der Waals surface area contributed by atoms with Crippen LogP contribution in [-0.4, -0.2) is 16.1 Å². The second-order valence-electron chi connectivity index (χ2n) is 6.92. The minimum absolute atomic E-state index is 0.181. The van der Waals surface area contributed by atoms with E-state index >= 15 is 0 Å². The van der Waals surface area contributed by atoms with Gasteiger partial charge in [-0.05, 0) is 41.5 Å². The Morgan fingerprint density at radius 2 is 1.61 bits per heavy atom. The van der Waals surface area contributed by atoms with E-state index in [0.29, 0.717) is 37.9 Å². The molecule has 0 aliphatic rings. The highest BCUT2D eigenvalue weighted by Gasteiger charge is 2.35. The molecule has 0 saturated heterocycles. The van der Waals surface area contributed by atoms with Crippen molar-refractivity contribution in [2.75, 3.05) is 0 Å². The van der Waals surface area contributed by atoms with Gasteiger partial charge in [-0.3, -0.25) is 0 Å². The first-order chi connectivity index (χ1) is 15.5. The number of thiazole rings is 1. The maximum atomic E-state index is 13.5. The zero-order valence-electron chi connectivity index (χ0n) is 16.3. The van der Waals surface area contributed by atoms with Gasteiger partial charge in [-0.2, -0.15) is 13.2 Å². The van der Waals surface area contributed by atoms with Gasteiger partial charge in [-0.15, -0.1) is 11.3 Å². The molecule has 1 heterocycles. The summed E-state index contributed by atoms with van der Waals surface area (Å²) in [5, 5.41) is 12.6. The number of hydrogen-bond donors (Lipinski definition) is 1. The average Bonchev–Trinajstić information content (AvgIpc) is 3.25. The second kappa shape index (κ2) is 8.78. The standard InChI is InChI=1S/C23H11Cl2F4NO2S/c24-18-6-2-11(8-19(18)25)20-10-33-21(30-20)12-1-4-14(16(7-12)22(31)32)15-5-3-13(26)9-17(15)23(27,28)29/h1-10H,(H,31,32). The van der Waals surface area contributed by atoms with Crippen LogP contribution in [0.2, 0.25) is 10.0 Å². The molecule has 0 spiro atoms. The maximum absolute atomic E-state index is 13.5. The van der Waals surface area contributed by atoms with Gasteiger partial charge in [0.05, 0.1) is 26.9 Å². The van der Waals surface area contributed by atoms with Crippen LogP contribution in [0, 0.1) is 5.82 Å². The monoisotopic (exact) mass is 511 g/mol. The summed E-state index contributed by atoms with van der Waals surface area (Å²) in [5.74, 6) is -2.50. The number of carboxylic acids is 1. The lowest BCUT2D eigenvalue weighted by molar-refractivity contribution is -0.137. The lowest BCUT2D eigenvalue weighted by atomic mass is 9.93. The summed E-state index contributed by atoms with van der Waals surface area (Å²) >= 11 is 13.2. The Morgan fingerprint density at radius 3 is 2.27 bits per heavy atom. The minimum atomic E-state index is -4.87. The van der Waals surface area contributed by atoms with E-state index in [2.05, 4.69) is 4.98 Å². The highest BCUT2D eigenvalue weighted by atomic mass is 35.5. The van der Waals surface area contributed by atoms with E-state index in [-0.39, 0.29) is 11.1 Å². The van der Waals surface area contributed by atoms with Crippen molar-refractivity contribution >= 4 is 40.5 Å². The van der Waals surface area contributed by atoms with Gasteiger partial charge in [-0.1, -0.05) is 47.5 Å². The molecule has 1 N–H and O–H groups in total. The fraction of sp³-hybridized carbons (Fsp3) is 0.0435. The third kappa shape index (κ3) is 4.73. The second-order valence-corrected chi connectivity index (χ2v) is 8.59. The molecular weight excluding hydrogens is 501 g/mol. The average molecular weight is 512 g/mol. The van der Waals surface area contributed by atoms with Gasteiger partial charge in [0.2, 0.25) is 0 Å². The molecular formula is C23H11Cl2F4NO2S. The summed E-state index contributed by atoms with van der Waals surface area (Å²) in [4.78, 5) is 16.4.